The molecule has 566 valence electrons. The number of hydrogen-bond donors (Lipinski definition) is 0. The highest BCUT2D eigenvalue weighted by Gasteiger charge is 2.36. The van der Waals surface area contributed by atoms with Crippen LogP contribution in [0.15, 0.2) is 0 Å². The SMILES string of the molecule is CCC(C)(C)C.CCC(C)(C)C(F)F.CCC(C)(C)CF.CCC(C)C.CCC(C)C.CCC(C)C.CCC(C)C(F)(F)F.CCCC(C)(F)F.CCCC(C)(F)F.CCCC(C)C.CCCC(C)C(F)(F)F.[2H]C([2H])(C)C(C)C(F)(F)F.[2H]C([2H])(C)CC(C)C(F)(F)F. The number of rotatable bonds is 19. The zero-order valence-electron chi connectivity index (χ0n) is 67.9. The largest absolute Gasteiger partial charge is 0.391 e. The summed E-state index contributed by atoms with van der Waals surface area (Å²) in [5.74, 6) is -7.11. The van der Waals surface area contributed by atoms with Crippen molar-refractivity contribution in [2.75, 3.05) is 6.67 Å². The van der Waals surface area contributed by atoms with E-state index in [9.17, 15) is 83.4 Å². The second-order valence-corrected chi connectivity index (χ2v) is 27.1. The molecule has 0 aromatic carbocycles. The third-order valence-corrected chi connectivity index (χ3v) is 13.0. The summed E-state index contributed by atoms with van der Waals surface area (Å²) in [5, 5.41) is 0. The number of alkyl halides is 19. The Morgan fingerprint density at radius 3 is 0.600 bits per heavy atom. The molecule has 4 atom stereocenters. The highest BCUT2D eigenvalue weighted by atomic mass is 19.4. The molecule has 0 aliphatic heterocycles. The predicted octanol–water partition coefficient (Wildman–Crippen LogP) is 32.2. The lowest BCUT2D eigenvalue weighted by Crippen LogP contribution is -2.19. The zero-order chi connectivity index (χ0) is 79.7. The maximum atomic E-state index is 11.8. The smallest absolute Gasteiger partial charge is 0.251 e. The van der Waals surface area contributed by atoms with Crippen LogP contribution in [0.4, 0.5) is 83.4 Å². The lowest BCUT2D eigenvalue weighted by molar-refractivity contribution is -0.171. The van der Waals surface area contributed by atoms with Crippen LogP contribution < -0.4 is 0 Å². The molecule has 0 bridgehead atoms. The van der Waals surface area contributed by atoms with Crippen LogP contribution in [0.3, 0.4) is 0 Å². The van der Waals surface area contributed by atoms with Gasteiger partial charge in [0, 0.05) is 23.7 Å². The predicted molar refractivity (Wildman–Crippen MR) is 357 cm³/mol. The van der Waals surface area contributed by atoms with Crippen molar-refractivity contribution < 1.29 is 88.9 Å². The molecule has 0 heterocycles. The molecule has 0 amide bonds. The maximum Gasteiger partial charge on any atom is 0.391 e. The summed E-state index contributed by atoms with van der Waals surface area (Å²) in [5.41, 5.74) is -0.333. The van der Waals surface area contributed by atoms with Gasteiger partial charge in [-0.3, -0.25) is 4.39 Å². The molecule has 0 aliphatic carbocycles. The van der Waals surface area contributed by atoms with Crippen LogP contribution in [0.2, 0.25) is 0 Å². The van der Waals surface area contributed by atoms with Gasteiger partial charge in [0.25, 0.3) is 0 Å². The van der Waals surface area contributed by atoms with Crippen molar-refractivity contribution in [1.82, 2.24) is 0 Å². The first-order chi connectivity index (χ1) is 41.1. The molecule has 0 aliphatic rings. The first-order valence-electron chi connectivity index (χ1n) is 35.0. The molecule has 4 unspecified atom stereocenters. The standard InChI is InChI=1S/2C6H11F3.C6H12F2.C6H13F.2C6H14.2C5H9F3.2C5H10F2.3C5H12/c2*1-3-4-5(2)6(7,8)9;1-4-6(2,3)5(7)8;1-4-6(2,3)5-7;1-5-6(2,3)4;1-4-5-6(2)3;2*1-3-4(2)5(6,7)8;2*1-3-4-5(2,6)7;3*1-4-5(2)3/h2*5H,3-4H2,1-2H3;5H,4H2,1-3H3;4-5H2,1-3H3;5H2,1-4H3;6H,4-5H2,1-3H3;2*4H,3H2,1-2H3;2*3-4H2,1-2H3;3*5H,4H2,1-3H3/i3D2;;;;;;3D2;;;;;;. The van der Waals surface area contributed by atoms with Gasteiger partial charge in [0.05, 0.1) is 30.3 Å². The molecule has 90 heavy (non-hydrogen) atoms. The molecule has 0 nitrogen and oxygen atoms in total. The molecule has 0 N–H and O–H groups in total. The Kier molecular flexibility index (Phi) is 80.7. The van der Waals surface area contributed by atoms with Crippen molar-refractivity contribution in [3.63, 3.8) is 0 Å². The van der Waals surface area contributed by atoms with E-state index in [1.807, 2.05) is 20.8 Å². The van der Waals surface area contributed by atoms with Gasteiger partial charge in [-0.2, -0.15) is 52.7 Å². The van der Waals surface area contributed by atoms with E-state index in [0.29, 0.717) is 31.1 Å². The quantitative estimate of drug-likeness (QED) is 0.113. The molecule has 0 saturated carbocycles. The van der Waals surface area contributed by atoms with Gasteiger partial charge in [0.2, 0.25) is 18.3 Å². The van der Waals surface area contributed by atoms with E-state index < -0.39 is 91.2 Å². The molecular weight excluding hydrogens is 1210 g/mol. The Balaban J connectivity index is -0.0000000692. The molecule has 0 aromatic heterocycles. The van der Waals surface area contributed by atoms with Gasteiger partial charge in [0.1, 0.15) is 0 Å². The van der Waals surface area contributed by atoms with Gasteiger partial charge < -0.3 is 0 Å². The summed E-state index contributed by atoms with van der Waals surface area (Å²) in [6, 6.07) is 0. The second kappa shape index (κ2) is 67.6. The van der Waals surface area contributed by atoms with E-state index in [0.717, 1.165) is 71.6 Å². The minimum atomic E-state index is -4.43. The van der Waals surface area contributed by atoms with Crippen LogP contribution in [0.5, 0.6) is 0 Å². The minimum Gasteiger partial charge on any atom is -0.251 e. The Bertz CT molecular complexity index is 1420. The van der Waals surface area contributed by atoms with E-state index in [2.05, 4.69) is 111 Å². The fourth-order valence-electron chi connectivity index (χ4n) is 3.12. The monoisotopic (exact) mass is 1370 g/mol. The van der Waals surface area contributed by atoms with Crippen LogP contribution in [-0.4, -0.2) is 49.7 Å². The van der Waals surface area contributed by atoms with E-state index >= 15 is 0 Å². The van der Waals surface area contributed by atoms with Crippen molar-refractivity contribution in [3.05, 3.63) is 0 Å². The molecule has 0 fully saturated rings. The van der Waals surface area contributed by atoms with Crippen LogP contribution in [0.25, 0.3) is 0 Å². The van der Waals surface area contributed by atoms with Crippen LogP contribution >= 0.6 is 0 Å². The van der Waals surface area contributed by atoms with E-state index in [-0.39, 0.29) is 37.8 Å². The van der Waals surface area contributed by atoms with E-state index in [1.165, 1.54) is 59.3 Å². The van der Waals surface area contributed by atoms with Gasteiger partial charge in [0.15, 0.2) is 0 Å². The summed E-state index contributed by atoms with van der Waals surface area (Å²) in [6.07, 6.45) is -11.8. The Labute approximate surface area is 551 Å². The van der Waals surface area contributed by atoms with Gasteiger partial charge in [-0.15, -0.1) is 0 Å². The van der Waals surface area contributed by atoms with Crippen molar-refractivity contribution in [2.45, 2.75) is 394 Å². The Morgan fingerprint density at radius 1 is 0.322 bits per heavy atom. The van der Waals surface area contributed by atoms with Gasteiger partial charge in [-0.05, 0) is 86.8 Å². The molecule has 0 rings (SSSR count). The van der Waals surface area contributed by atoms with Crippen molar-refractivity contribution in [1.29, 1.82) is 0 Å². The van der Waals surface area contributed by atoms with E-state index in [1.54, 1.807) is 41.5 Å². The van der Waals surface area contributed by atoms with Gasteiger partial charge in [-0.25, -0.2) is 26.3 Å². The number of hydrogen-bond acceptors (Lipinski definition) is 0. The van der Waals surface area contributed by atoms with Gasteiger partial charge >= 0.3 is 24.7 Å². The third-order valence-electron chi connectivity index (χ3n) is 13.0. The highest BCUT2D eigenvalue weighted by molar-refractivity contribution is 4.68. The molecule has 0 radical (unpaired) electrons. The van der Waals surface area contributed by atoms with Crippen molar-refractivity contribution in [3.8, 4) is 0 Å². The molecule has 0 spiro atoms. The minimum absolute atomic E-state index is 0.00694. The van der Waals surface area contributed by atoms with Crippen LogP contribution in [0.1, 0.15) is 356 Å². The summed E-state index contributed by atoms with van der Waals surface area (Å²) in [6.45, 7) is 61.1. The van der Waals surface area contributed by atoms with Crippen LogP contribution in [-0.2, 0) is 0 Å². The molecular formula is C71H149F19. The fourth-order valence-corrected chi connectivity index (χ4v) is 3.12. The average Bonchev–Trinajstić information content (AvgIpc) is 3.61. The Morgan fingerprint density at radius 2 is 0.578 bits per heavy atom. The normalized spacial score (nSPS) is 14.0. The first kappa shape index (κ1) is 107. The van der Waals surface area contributed by atoms with Gasteiger partial charge in [-0.1, -0.05) is 286 Å². The maximum absolute atomic E-state index is 11.8. The average molecular weight is 1370 g/mol. The summed E-state index contributed by atoms with van der Waals surface area (Å²) < 4.78 is 249. The lowest BCUT2D eigenvalue weighted by Gasteiger charge is -2.20. The zero-order valence-corrected chi connectivity index (χ0v) is 63.9. The van der Waals surface area contributed by atoms with Crippen LogP contribution in [0, 0.1) is 63.6 Å². The lowest BCUT2D eigenvalue weighted by atomic mass is 9.91. The second-order valence-electron chi connectivity index (χ2n) is 27.1. The fraction of sp³-hybridized carbons (Fsp3) is 1.00. The molecule has 0 aromatic rings. The number of halogens is 19. The topological polar surface area (TPSA) is 0 Å². The third kappa shape index (κ3) is 139. The van der Waals surface area contributed by atoms with E-state index in [4.69, 9.17) is 5.48 Å². The van der Waals surface area contributed by atoms with Crippen molar-refractivity contribution >= 4 is 0 Å². The highest BCUT2D eigenvalue weighted by Crippen LogP contribution is 2.31. The summed E-state index contributed by atoms with van der Waals surface area (Å²) in [7, 11) is 0. The molecule has 0 saturated heterocycles. The first-order valence-corrected chi connectivity index (χ1v) is 33.0. The summed E-state index contributed by atoms with van der Waals surface area (Å²) in [4.78, 5) is 0. The molecule has 19 heteroatoms. The van der Waals surface area contributed by atoms with Crippen molar-refractivity contribution in [2.24, 2.45) is 63.6 Å². The Hall–Kier alpha value is -1.33. The summed E-state index contributed by atoms with van der Waals surface area (Å²) >= 11 is 0.